The number of alkyl carbamates (subject to hydrolysis) is 1. The van der Waals surface area contributed by atoms with Crippen molar-refractivity contribution in [1.82, 2.24) is 5.32 Å². The highest BCUT2D eigenvalue weighted by atomic mass is 19.4. The largest absolute Gasteiger partial charge is 0.449 e. The van der Waals surface area contributed by atoms with Crippen LogP contribution in [0.25, 0.3) is 11.1 Å². The van der Waals surface area contributed by atoms with Gasteiger partial charge in [0.1, 0.15) is 12.7 Å². The predicted molar refractivity (Wildman–Crippen MR) is 125 cm³/mol. The Balaban J connectivity index is 1.30. The molecule has 3 aromatic carbocycles. The van der Waals surface area contributed by atoms with Crippen molar-refractivity contribution in [2.24, 2.45) is 0 Å². The van der Waals surface area contributed by atoms with Crippen molar-refractivity contribution in [2.45, 2.75) is 30.7 Å². The van der Waals surface area contributed by atoms with E-state index in [9.17, 15) is 33.0 Å². The van der Waals surface area contributed by atoms with Gasteiger partial charge in [-0.05, 0) is 40.3 Å². The summed E-state index contributed by atoms with van der Waals surface area (Å²) in [5.41, 5.74) is 2.35. The number of ether oxygens (including phenoxy) is 1. The Labute approximate surface area is 205 Å². The number of carbonyl (C=O) groups excluding carboxylic acids is 2. The van der Waals surface area contributed by atoms with E-state index in [1.165, 1.54) is 0 Å². The molecular weight excluding hydrogens is 475 g/mol. The van der Waals surface area contributed by atoms with Crippen molar-refractivity contribution in [3.8, 4) is 11.1 Å². The van der Waals surface area contributed by atoms with E-state index in [0.29, 0.717) is 6.07 Å². The molecule has 2 atom stereocenters. The van der Waals surface area contributed by atoms with Gasteiger partial charge in [0.05, 0.1) is 11.7 Å². The van der Waals surface area contributed by atoms with Gasteiger partial charge in [0.25, 0.3) is 0 Å². The SMILES string of the molecule is O=Cc1ccc(C(O)C(O)CCNC(=O)OCC2c3ccccc3-c3ccccc32)cc1C(F)(F)F. The van der Waals surface area contributed by atoms with Gasteiger partial charge in [-0.15, -0.1) is 0 Å². The molecule has 6 nitrogen and oxygen atoms in total. The van der Waals surface area contributed by atoms with E-state index in [4.69, 9.17) is 4.74 Å². The van der Waals surface area contributed by atoms with Crippen LogP contribution in [0.5, 0.6) is 0 Å². The Morgan fingerprint density at radius 3 is 2.19 bits per heavy atom. The molecule has 1 aliphatic carbocycles. The molecule has 0 aromatic heterocycles. The van der Waals surface area contributed by atoms with Crippen LogP contribution in [0.15, 0.2) is 66.7 Å². The van der Waals surface area contributed by atoms with E-state index >= 15 is 0 Å². The molecule has 0 radical (unpaired) electrons. The lowest BCUT2D eigenvalue weighted by Crippen LogP contribution is -2.30. The molecule has 36 heavy (non-hydrogen) atoms. The summed E-state index contributed by atoms with van der Waals surface area (Å²) in [5, 5.41) is 23.0. The van der Waals surface area contributed by atoms with Gasteiger partial charge in [0.15, 0.2) is 6.29 Å². The van der Waals surface area contributed by atoms with Crippen LogP contribution in [0.1, 0.15) is 51.1 Å². The number of alkyl halides is 3. The summed E-state index contributed by atoms with van der Waals surface area (Å²) in [6, 6.07) is 18.5. The molecule has 9 heteroatoms. The molecule has 3 N–H and O–H groups in total. The van der Waals surface area contributed by atoms with Gasteiger partial charge in [0, 0.05) is 18.0 Å². The molecule has 2 unspecified atom stereocenters. The average molecular weight is 499 g/mol. The number of fused-ring (bicyclic) bond motifs is 3. The van der Waals surface area contributed by atoms with Crippen molar-refractivity contribution in [2.75, 3.05) is 13.2 Å². The highest BCUT2D eigenvalue weighted by molar-refractivity contribution is 5.79. The molecular formula is C27H24F3NO5. The Bertz CT molecular complexity index is 1210. The van der Waals surface area contributed by atoms with Crippen LogP contribution in [-0.2, 0) is 10.9 Å². The number of benzene rings is 3. The molecule has 188 valence electrons. The van der Waals surface area contributed by atoms with Gasteiger partial charge in [-0.3, -0.25) is 4.79 Å². The first-order chi connectivity index (χ1) is 17.2. The van der Waals surface area contributed by atoms with E-state index in [1.807, 2.05) is 48.5 Å². The Morgan fingerprint density at radius 2 is 1.61 bits per heavy atom. The maximum absolute atomic E-state index is 13.2. The summed E-state index contributed by atoms with van der Waals surface area (Å²) in [5.74, 6) is -0.118. The van der Waals surface area contributed by atoms with Crippen LogP contribution in [0.4, 0.5) is 18.0 Å². The second-order valence-corrected chi connectivity index (χ2v) is 8.52. The van der Waals surface area contributed by atoms with Gasteiger partial charge in [0.2, 0.25) is 0 Å². The summed E-state index contributed by atoms with van der Waals surface area (Å²) in [7, 11) is 0. The number of halogens is 3. The summed E-state index contributed by atoms with van der Waals surface area (Å²) in [6.07, 6.45) is -8.66. The van der Waals surface area contributed by atoms with Crippen molar-refractivity contribution in [3.63, 3.8) is 0 Å². The van der Waals surface area contributed by atoms with Crippen LogP contribution in [0, 0.1) is 0 Å². The highest BCUT2D eigenvalue weighted by Crippen LogP contribution is 2.44. The second kappa shape index (κ2) is 10.5. The molecule has 0 saturated heterocycles. The lowest BCUT2D eigenvalue weighted by atomic mass is 9.97. The number of aliphatic hydroxyl groups is 2. The van der Waals surface area contributed by atoms with Crippen molar-refractivity contribution in [1.29, 1.82) is 0 Å². The van der Waals surface area contributed by atoms with E-state index in [1.54, 1.807) is 0 Å². The third-order valence-electron chi connectivity index (χ3n) is 6.27. The maximum Gasteiger partial charge on any atom is 0.417 e. The number of rotatable bonds is 8. The first kappa shape index (κ1) is 25.4. The van der Waals surface area contributed by atoms with Gasteiger partial charge in [-0.25, -0.2) is 4.79 Å². The van der Waals surface area contributed by atoms with Gasteiger partial charge < -0.3 is 20.3 Å². The Kier molecular flexibility index (Phi) is 7.42. The van der Waals surface area contributed by atoms with Crippen LogP contribution in [-0.4, -0.2) is 41.8 Å². The molecule has 0 fully saturated rings. The molecule has 0 bridgehead atoms. The number of aliphatic hydroxyl groups excluding tert-OH is 2. The molecule has 3 aromatic rings. The molecule has 0 saturated carbocycles. The fourth-order valence-corrected chi connectivity index (χ4v) is 4.46. The third kappa shape index (κ3) is 5.27. The topological polar surface area (TPSA) is 95.9 Å². The minimum Gasteiger partial charge on any atom is -0.449 e. The molecule has 1 aliphatic rings. The highest BCUT2D eigenvalue weighted by Gasteiger charge is 2.34. The minimum atomic E-state index is -4.79. The van der Waals surface area contributed by atoms with Crippen LogP contribution >= 0.6 is 0 Å². The fourth-order valence-electron chi connectivity index (χ4n) is 4.46. The maximum atomic E-state index is 13.2. The van der Waals surface area contributed by atoms with Crippen LogP contribution in [0.3, 0.4) is 0 Å². The van der Waals surface area contributed by atoms with E-state index < -0.39 is 35.6 Å². The number of nitrogens with one attached hydrogen (secondary N) is 1. The Morgan fingerprint density at radius 1 is 1.00 bits per heavy atom. The van der Waals surface area contributed by atoms with Crippen molar-refractivity contribution in [3.05, 3.63) is 94.5 Å². The van der Waals surface area contributed by atoms with Gasteiger partial charge >= 0.3 is 12.3 Å². The smallest absolute Gasteiger partial charge is 0.417 e. The zero-order valence-electron chi connectivity index (χ0n) is 19.0. The molecule has 0 heterocycles. The van der Waals surface area contributed by atoms with E-state index in [-0.39, 0.29) is 37.3 Å². The molecule has 1 amide bonds. The lowest BCUT2D eigenvalue weighted by Gasteiger charge is -2.20. The second-order valence-electron chi connectivity index (χ2n) is 8.52. The number of carbonyl (C=O) groups is 2. The number of hydrogen-bond donors (Lipinski definition) is 3. The van der Waals surface area contributed by atoms with Gasteiger partial charge in [-0.1, -0.05) is 60.7 Å². The number of aldehydes is 1. The fraction of sp³-hybridized carbons (Fsp3) is 0.259. The minimum absolute atomic E-state index is 0.0759. The lowest BCUT2D eigenvalue weighted by molar-refractivity contribution is -0.138. The predicted octanol–water partition coefficient (Wildman–Crippen LogP) is 4.84. The van der Waals surface area contributed by atoms with Crippen LogP contribution < -0.4 is 5.32 Å². The zero-order valence-corrected chi connectivity index (χ0v) is 19.0. The standard InChI is InChI=1S/C27H24F3NO5/c28-27(29,30)23-13-16(9-10-17(23)14-32)25(34)24(33)11-12-31-26(35)36-15-22-20-7-3-1-5-18(20)19-6-2-4-8-21(19)22/h1-10,13-14,22,24-25,33-34H,11-12,15H2,(H,31,35). The molecule has 4 rings (SSSR count). The number of amides is 1. The summed E-state index contributed by atoms with van der Waals surface area (Å²) >= 11 is 0. The summed E-state index contributed by atoms with van der Waals surface area (Å²) < 4.78 is 44.9. The van der Waals surface area contributed by atoms with E-state index in [2.05, 4.69) is 5.32 Å². The quantitative estimate of drug-likeness (QED) is 0.386. The van der Waals surface area contributed by atoms with Crippen LogP contribution in [0.2, 0.25) is 0 Å². The van der Waals surface area contributed by atoms with Crippen molar-refractivity contribution < 1.29 is 37.7 Å². The monoisotopic (exact) mass is 499 g/mol. The normalized spacial score (nSPS) is 14.5. The first-order valence-electron chi connectivity index (χ1n) is 11.3. The summed E-state index contributed by atoms with van der Waals surface area (Å²) in [4.78, 5) is 23.1. The third-order valence-corrected chi connectivity index (χ3v) is 6.27. The van der Waals surface area contributed by atoms with Gasteiger partial charge in [-0.2, -0.15) is 13.2 Å². The average Bonchev–Trinajstić information content (AvgIpc) is 3.19. The molecule has 0 aliphatic heterocycles. The summed E-state index contributed by atoms with van der Waals surface area (Å²) in [6.45, 7) is 0.0296. The molecule has 0 spiro atoms. The zero-order chi connectivity index (χ0) is 25.9. The number of hydrogen-bond acceptors (Lipinski definition) is 5. The van der Waals surface area contributed by atoms with Crippen molar-refractivity contribution >= 4 is 12.4 Å². The Hall–Kier alpha value is -3.69. The first-order valence-corrected chi connectivity index (χ1v) is 11.3. The van der Waals surface area contributed by atoms with E-state index in [0.717, 1.165) is 34.4 Å².